The molecule has 0 unspecified atom stereocenters. The average molecular weight is 441 g/mol. The van der Waals surface area contributed by atoms with Gasteiger partial charge < -0.3 is 10.2 Å². The second kappa shape index (κ2) is 10.5. The third-order valence-corrected chi connectivity index (χ3v) is 6.13. The summed E-state index contributed by atoms with van der Waals surface area (Å²) in [7, 11) is 0. The van der Waals surface area contributed by atoms with Crippen LogP contribution in [0.2, 0.25) is 0 Å². The van der Waals surface area contributed by atoms with Crippen molar-refractivity contribution in [2.24, 2.45) is 0 Å². The lowest BCUT2D eigenvalue weighted by molar-refractivity contribution is -0.137. The minimum atomic E-state index is -4.40. The lowest BCUT2D eigenvalue weighted by Gasteiger charge is -2.37. The summed E-state index contributed by atoms with van der Waals surface area (Å²) >= 11 is 0. The molecule has 2 fully saturated rings. The zero-order valence-corrected chi connectivity index (χ0v) is 18.0. The Hall–Kier alpha value is -2.13. The first-order valence-electron chi connectivity index (χ1n) is 11.0. The Balaban J connectivity index is 1.44. The number of likely N-dealkylation sites (tertiary alicyclic amines) is 1. The van der Waals surface area contributed by atoms with Gasteiger partial charge in [-0.15, -0.1) is 0 Å². The summed E-state index contributed by atoms with van der Waals surface area (Å²) in [4.78, 5) is 31.2. The molecule has 31 heavy (non-hydrogen) atoms. The van der Waals surface area contributed by atoms with Gasteiger partial charge in [0.2, 0.25) is 11.8 Å². The summed E-state index contributed by atoms with van der Waals surface area (Å²) in [6.45, 7) is 6.63. The molecular weight excluding hydrogens is 409 g/mol. The fourth-order valence-corrected chi connectivity index (χ4v) is 4.08. The number of hydrogen-bond acceptors (Lipinski definition) is 4. The van der Waals surface area contributed by atoms with Gasteiger partial charge in [-0.25, -0.2) is 0 Å². The van der Waals surface area contributed by atoms with E-state index in [0.29, 0.717) is 38.4 Å². The van der Waals surface area contributed by atoms with Crippen molar-refractivity contribution in [3.63, 3.8) is 0 Å². The molecule has 1 aromatic rings. The predicted molar refractivity (Wildman–Crippen MR) is 113 cm³/mol. The van der Waals surface area contributed by atoms with Crippen LogP contribution in [0.15, 0.2) is 24.3 Å². The van der Waals surface area contributed by atoms with E-state index in [0.717, 1.165) is 38.1 Å². The monoisotopic (exact) mass is 440 g/mol. The van der Waals surface area contributed by atoms with E-state index in [-0.39, 0.29) is 11.8 Å². The van der Waals surface area contributed by atoms with E-state index >= 15 is 0 Å². The first-order valence-corrected chi connectivity index (χ1v) is 11.0. The first-order chi connectivity index (χ1) is 14.7. The van der Waals surface area contributed by atoms with E-state index in [9.17, 15) is 22.8 Å². The lowest BCUT2D eigenvalue weighted by atomic mass is 10.1. The van der Waals surface area contributed by atoms with Crippen molar-refractivity contribution in [3.05, 3.63) is 29.8 Å². The molecule has 2 aliphatic rings. The molecule has 0 spiro atoms. The Kier molecular flexibility index (Phi) is 7.94. The smallest absolute Gasteiger partial charge is 0.342 e. The number of carbonyl (C=O) groups excluding carboxylic acids is 2. The molecule has 0 bridgehead atoms. The molecule has 0 aliphatic carbocycles. The summed E-state index contributed by atoms with van der Waals surface area (Å²) < 4.78 is 38.0. The summed E-state index contributed by atoms with van der Waals surface area (Å²) in [5, 5.41) is 2.69. The fraction of sp³-hybridized carbons (Fsp3) is 0.636. The van der Waals surface area contributed by atoms with Crippen molar-refractivity contribution in [2.75, 3.05) is 51.1 Å². The van der Waals surface area contributed by atoms with E-state index in [4.69, 9.17) is 0 Å². The maximum atomic E-state index is 12.7. The van der Waals surface area contributed by atoms with Crippen LogP contribution in [0.5, 0.6) is 0 Å². The molecule has 0 aromatic heterocycles. The van der Waals surface area contributed by atoms with Crippen molar-refractivity contribution < 1.29 is 22.8 Å². The Morgan fingerprint density at radius 2 is 1.52 bits per heavy atom. The van der Waals surface area contributed by atoms with Crippen LogP contribution in [0, 0.1) is 0 Å². The molecular formula is C22H31F3N4O2. The summed E-state index contributed by atoms with van der Waals surface area (Å²) in [6, 6.07) is 4.03. The van der Waals surface area contributed by atoms with Crippen molar-refractivity contribution >= 4 is 17.5 Å². The standard InChI is InChI=1S/C22H31F3N4O2/c1-17(21(31)26-19-8-6-18(7-9-19)22(23,24)25)28-14-12-27(13-15-28)16-20(30)29-10-4-2-3-5-11-29/h6-9,17H,2-5,10-16H2,1H3,(H,26,31)/t17-/m0/s1. The van der Waals surface area contributed by atoms with Gasteiger partial charge >= 0.3 is 6.18 Å². The number of nitrogens with zero attached hydrogens (tertiary/aromatic N) is 3. The minimum absolute atomic E-state index is 0.184. The van der Waals surface area contributed by atoms with Crippen molar-refractivity contribution in [1.82, 2.24) is 14.7 Å². The maximum Gasteiger partial charge on any atom is 0.416 e. The Bertz CT molecular complexity index is 738. The molecule has 2 amide bonds. The van der Waals surface area contributed by atoms with E-state index in [1.165, 1.54) is 25.0 Å². The van der Waals surface area contributed by atoms with Crippen molar-refractivity contribution in [3.8, 4) is 0 Å². The highest BCUT2D eigenvalue weighted by Gasteiger charge is 2.30. The molecule has 2 aliphatic heterocycles. The van der Waals surface area contributed by atoms with Gasteiger partial charge in [0, 0.05) is 45.0 Å². The Labute approximate surface area is 181 Å². The van der Waals surface area contributed by atoms with Gasteiger partial charge in [-0.05, 0) is 44.0 Å². The van der Waals surface area contributed by atoms with Gasteiger partial charge in [-0.1, -0.05) is 12.8 Å². The molecule has 3 rings (SSSR count). The maximum absolute atomic E-state index is 12.7. The van der Waals surface area contributed by atoms with Crippen LogP contribution in [0.1, 0.15) is 38.2 Å². The SMILES string of the molecule is C[C@@H](C(=O)Nc1ccc(C(F)(F)F)cc1)N1CCN(CC(=O)N2CCCCCC2)CC1. The van der Waals surface area contributed by atoms with E-state index in [1.54, 1.807) is 6.92 Å². The summed E-state index contributed by atoms with van der Waals surface area (Å²) in [5.74, 6) is -0.0719. The highest BCUT2D eigenvalue weighted by atomic mass is 19.4. The molecule has 2 saturated heterocycles. The molecule has 1 atom stereocenters. The second-order valence-corrected chi connectivity index (χ2v) is 8.35. The second-order valence-electron chi connectivity index (χ2n) is 8.35. The Morgan fingerprint density at radius 1 is 0.935 bits per heavy atom. The lowest BCUT2D eigenvalue weighted by Crippen LogP contribution is -2.54. The van der Waals surface area contributed by atoms with Gasteiger partial charge in [0.1, 0.15) is 0 Å². The van der Waals surface area contributed by atoms with Gasteiger partial charge in [-0.3, -0.25) is 19.4 Å². The zero-order valence-electron chi connectivity index (χ0n) is 18.0. The number of halogens is 3. The zero-order chi connectivity index (χ0) is 22.4. The number of nitrogens with one attached hydrogen (secondary N) is 1. The fourth-order valence-electron chi connectivity index (χ4n) is 4.08. The van der Waals surface area contributed by atoms with Crippen LogP contribution in [-0.2, 0) is 15.8 Å². The predicted octanol–water partition coefficient (Wildman–Crippen LogP) is 3.05. The van der Waals surface area contributed by atoms with E-state index < -0.39 is 17.8 Å². The number of hydrogen-bond donors (Lipinski definition) is 1. The van der Waals surface area contributed by atoms with Gasteiger partial charge in [0.25, 0.3) is 0 Å². The molecule has 172 valence electrons. The molecule has 1 N–H and O–H groups in total. The minimum Gasteiger partial charge on any atom is -0.342 e. The van der Waals surface area contributed by atoms with Crippen molar-refractivity contribution in [1.29, 1.82) is 0 Å². The highest BCUT2D eigenvalue weighted by Crippen LogP contribution is 2.29. The van der Waals surface area contributed by atoms with Crippen LogP contribution < -0.4 is 5.32 Å². The van der Waals surface area contributed by atoms with Gasteiger partial charge in [-0.2, -0.15) is 13.2 Å². The number of amides is 2. The van der Waals surface area contributed by atoms with E-state index in [1.807, 2.05) is 9.80 Å². The average Bonchev–Trinajstić information content (AvgIpc) is 3.03. The van der Waals surface area contributed by atoms with E-state index in [2.05, 4.69) is 10.2 Å². The van der Waals surface area contributed by atoms with Gasteiger partial charge in [0.15, 0.2) is 0 Å². The topological polar surface area (TPSA) is 55.9 Å². The normalized spacial score (nSPS) is 20.2. The molecule has 6 nitrogen and oxygen atoms in total. The molecule has 0 saturated carbocycles. The Morgan fingerprint density at radius 3 is 2.06 bits per heavy atom. The highest BCUT2D eigenvalue weighted by molar-refractivity contribution is 5.94. The number of benzene rings is 1. The largest absolute Gasteiger partial charge is 0.416 e. The van der Waals surface area contributed by atoms with Crippen molar-refractivity contribution in [2.45, 2.75) is 44.8 Å². The molecule has 9 heteroatoms. The van der Waals surface area contributed by atoms with Crippen LogP contribution in [0.25, 0.3) is 0 Å². The number of alkyl halides is 3. The first kappa shape index (κ1) is 23.5. The van der Waals surface area contributed by atoms with Crippen LogP contribution in [0.4, 0.5) is 18.9 Å². The summed E-state index contributed by atoms with van der Waals surface area (Å²) in [6.07, 6.45) is 0.129. The molecule has 1 aromatic carbocycles. The van der Waals surface area contributed by atoms with Crippen LogP contribution in [0.3, 0.4) is 0 Å². The summed E-state index contributed by atoms with van der Waals surface area (Å²) in [5.41, 5.74) is -0.407. The van der Waals surface area contributed by atoms with Crippen LogP contribution in [-0.4, -0.2) is 78.4 Å². The van der Waals surface area contributed by atoms with Crippen LogP contribution >= 0.6 is 0 Å². The quantitative estimate of drug-likeness (QED) is 0.765. The number of anilines is 1. The number of rotatable bonds is 5. The number of piperazine rings is 1. The number of carbonyl (C=O) groups is 2. The third-order valence-electron chi connectivity index (χ3n) is 6.13. The third kappa shape index (κ3) is 6.67. The molecule has 2 heterocycles. The molecule has 0 radical (unpaired) electrons. The van der Waals surface area contributed by atoms with Gasteiger partial charge in [0.05, 0.1) is 18.2 Å².